The highest BCUT2D eigenvalue weighted by atomic mass is 35.5. The maximum atomic E-state index is 5.73. The molecular weight excluding hydrogens is 204 g/mol. The number of benzene rings is 1. The lowest BCUT2D eigenvalue weighted by atomic mass is 10.1. The fourth-order valence-electron chi connectivity index (χ4n) is 0.921. The van der Waals surface area contributed by atoms with Gasteiger partial charge in [-0.25, -0.2) is 4.99 Å². The van der Waals surface area contributed by atoms with E-state index in [0.29, 0.717) is 5.02 Å². The van der Waals surface area contributed by atoms with Crippen LogP contribution in [-0.2, 0) is 0 Å². The topological polar surface area (TPSA) is 38.4 Å². The van der Waals surface area contributed by atoms with Gasteiger partial charge in [-0.3, -0.25) is 0 Å². The Labute approximate surface area is 87.4 Å². The van der Waals surface area contributed by atoms with Crippen molar-refractivity contribution in [2.24, 2.45) is 10.7 Å². The molecule has 0 heterocycles. The van der Waals surface area contributed by atoms with Crippen LogP contribution < -0.4 is 5.73 Å². The molecule has 2 nitrogen and oxygen atoms in total. The Morgan fingerprint density at radius 2 is 1.92 bits per heavy atom. The lowest BCUT2D eigenvalue weighted by Gasteiger charge is -1.99. The highest BCUT2D eigenvalue weighted by Gasteiger charge is 1.96. The van der Waals surface area contributed by atoms with E-state index >= 15 is 0 Å². The Morgan fingerprint density at radius 1 is 1.38 bits per heavy atom. The molecule has 1 rings (SSSR count). The molecular formula is C9H9ClN2S. The van der Waals surface area contributed by atoms with Crippen LogP contribution in [0, 0.1) is 0 Å². The molecule has 1 aromatic carbocycles. The van der Waals surface area contributed by atoms with E-state index in [0.717, 1.165) is 11.3 Å². The summed E-state index contributed by atoms with van der Waals surface area (Å²) in [6, 6.07) is 7.35. The van der Waals surface area contributed by atoms with Crippen LogP contribution in [0.15, 0.2) is 29.3 Å². The highest BCUT2D eigenvalue weighted by molar-refractivity contribution is 7.80. The predicted octanol–water partition coefficient (Wildman–Crippen LogP) is 2.39. The van der Waals surface area contributed by atoms with Crippen LogP contribution in [-0.4, -0.2) is 10.8 Å². The third-order valence-corrected chi connectivity index (χ3v) is 1.88. The monoisotopic (exact) mass is 212 g/mol. The Kier molecular flexibility index (Phi) is 3.39. The summed E-state index contributed by atoms with van der Waals surface area (Å²) < 4.78 is 0. The summed E-state index contributed by atoms with van der Waals surface area (Å²) >= 11 is 10.4. The maximum Gasteiger partial charge on any atom is 0.190 e. The van der Waals surface area contributed by atoms with Crippen molar-refractivity contribution in [3.63, 3.8) is 0 Å². The number of nitrogens with two attached hydrogens (primary N) is 1. The van der Waals surface area contributed by atoms with Crippen molar-refractivity contribution in [1.29, 1.82) is 0 Å². The minimum atomic E-state index is 0.146. The summed E-state index contributed by atoms with van der Waals surface area (Å²) in [6.45, 7) is 1.85. The molecule has 2 N–H and O–H groups in total. The van der Waals surface area contributed by atoms with Gasteiger partial charge in [-0.05, 0) is 36.8 Å². The summed E-state index contributed by atoms with van der Waals surface area (Å²) in [6.07, 6.45) is 0. The van der Waals surface area contributed by atoms with E-state index in [2.05, 4.69) is 17.2 Å². The Morgan fingerprint density at radius 3 is 2.38 bits per heavy atom. The number of rotatable bonds is 1. The normalized spacial score (nSPS) is 11.4. The van der Waals surface area contributed by atoms with E-state index in [9.17, 15) is 0 Å². The zero-order chi connectivity index (χ0) is 9.84. The Bertz CT molecular complexity index is 343. The fraction of sp³-hybridized carbons (Fsp3) is 0.111. The second kappa shape index (κ2) is 4.35. The molecule has 68 valence electrons. The van der Waals surface area contributed by atoms with Crippen molar-refractivity contribution >= 4 is 34.6 Å². The quantitative estimate of drug-likeness (QED) is 0.574. The Hall–Kier alpha value is -0.930. The van der Waals surface area contributed by atoms with Gasteiger partial charge in [0.1, 0.15) is 0 Å². The first-order valence-corrected chi connectivity index (χ1v) is 4.49. The zero-order valence-corrected chi connectivity index (χ0v) is 8.69. The lowest BCUT2D eigenvalue weighted by Crippen LogP contribution is -2.07. The average Bonchev–Trinajstić information content (AvgIpc) is 2.04. The van der Waals surface area contributed by atoms with Crippen molar-refractivity contribution in [2.45, 2.75) is 6.92 Å². The third-order valence-electron chi connectivity index (χ3n) is 1.54. The van der Waals surface area contributed by atoms with Crippen molar-refractivity contribution < 1.29 is 0 Å². The van der Waals surface area contributed by atoms with Gasteiger partial charge in [-0.1, -0.05) is 23.7 Å². The molecule has 0 aromatic heterocycles. The van der Waals surface area contributed by atoms with Gasteiger partial charge in [-0.2, -0.15) is 0 Å². The molecule has 4 heteroatoms. The van der Waals surface area contributed by atoms with Crippen LogP contribution in [0.5, 0.6) is 0 Å². The van der Waals surface area contributed by atoms with E-state index in [4.69, 9.17) is 17.3 Å². The maximum absolute atomic E-state index is 5.73. The standard InChI is InChI=1S/C9H9ClN2S/c1-6(12-9(11)13)7-2-4-8(10)5-3-7/h2-5H,1H3,(H2,11,13). The molecule has 1 aromatic rings. The first kappa shape index (κ1) is 10.2. The first-order valence-electron chi connectivity index (χ1n) is 3.70. The summed E-state index contributed by atoms with van der Waals surface area (Å²) in [5.41, 5.74) is 7.04. The van der Waals surface area contributed by atoms with Gasteiger partial charge in [0.25, 0.3) is 0 Å². The first-order chi connectivity index (χ1) is 6.09. The number of aliphatic imine (C=N–C) groups is 1. The van der Waals surface area contributed by atoms with Crippen molar-refractivity contribution in [2.75, 3.05) is 0 Å². The minimum Gasteiger partial charge on any atom is -0.374 e. The van der Waals surface area contributed by atoms with Gasteiger partial charge in [0.05, 0.1) is 0 Å². The zero-order valence-electron chi connectivity index (χ0n) is 7.12. The van der Waals surface area contributed by atoms with Crippen LogP contribution in [0.25, 0.3) is 0 Å². The van der Waals surface area contributed by atoms with E-state index in [1.54, 1.807) is 12.1 Å². The number of thiocarbonyl (C=S) groups is 1. The summed E-state index contributed by atoms with van der Waals surface area (Å²) in [7, 11) is 0. The second-order valence-corrected chi connectivity index (χ2v) is 3.40. The number of hydrogen-bond acceptors (Lipinski definition) is 1. The van der Waals surface area contributed by atoms with Crippen molar-refractivity contribution in [1.82, 2.24) is 0 Å². The van der Waals surface area contributed by atoms with Gasteiger partial charge >= 0.3 is 0 Å². The molecule has 13 heavy (non-hydrogen) atoms. The van der Waals surface area contributed by atoms with E-state index in [1.807, 2.05) is 19.1 Å². The molecule has 0 radical (unpaired) electrons. The Balaban J connectivity index is 2.96. The van der Waals surface area contributed by atoms with E-state index < -0.39 is 0 Å². The number of nitrogens with zero attached hydrogens (tertiary/aromatic N) is 1. The number of halogens is 1. The molecule has 0 spiro atoms. The lowest BCUT2D eigenvalue weighted by molar-refractivity contribution is 1.54. The molecule has 0 bridgehead atoms. The minimum absolute atomic E-state index is 0.146. The predicted molar refractivity (Wildman–Crippen MR) is 60.4 cm³/mol. The molecule has 0 aliphatic carbocycles. The molecule has 0 fully saturated rings. The fourth-order valence-corrected chi connectivity index (χ4v) is 1.18. The van der Waals surface area contributed by atoms with Crippen molar-refractivity contribution in [3.05, 3.63) is 34.9 Å². The molecule has 0 unspecified atom stereocenters. The smallest absolute Gasteiger partial charge is 0.190 e. The van der Waals surface area contributed by atoms with Crippen molar-refractivity contribution in [3.8, 4) is 0 Å². The number of hydrogen-bond donors (Lipinski definition) is 1. The summed E-state index contributed by atoms with van der Waals surface area (Å²) in [4.78, 5) is 3.96. The van der Waals surface area contributed by atoms with Crippen LogP contribution in [0.3, 0.4) is 0 Å². The molecule has 0 saturated carbocycles. The van der Waals surface area contributed by atoms with E-state index in [1.165, 1.54) is 0 Å². The highest BCUT2D eigenvalue weighted by Crippen LogP contribution is 2.10. The summed E-state index contributed by atoms with van der Waals surface area (Å²) in [5.74, 6) is 0. The molecule has 0 atom stereocenters. The second-order valence-electron chi connectivity index (χ2n) is 2.54. The largest absolute Gasteiger partial charge is 0.374 e. The van der Waals surface area contributed by atoms with Gasteiger partial charge < -0.3 is 5.73 Å². The van der Waals surface area contributed by atoms with E-state index in [-0.39, 0.29) is 5.11 Å². The van der Waals surface area contributed by atoms with Gasteiger partial charge in [0, 0.05) is 10.7 Å². The van der Waals surface area contributed by atoms with Gasteiger partial charge in [0.2, 0.25) is 0 Å². The molecule has 0 aliphatic heterocycles. The molecule has 0 saturated heterocycles. The van der Waals surface area contributed by atoms with Gasteiger partial charge in [-0.15, -0.1) is 0 Å². The van der Waals surface area contributed by atoms with Crippen LogP contribution in [0.4, 0.5) is 0 Å². The van der Waals surface area contributed by atoms with Crippen LogP contribution >= 0.6 is 23.8 Å². The average molecular weight is 213 g/mol. The van der Waals surface area contributed by atoms with Gasteiger partial charge in [0.15, 0.2) is 5.11 Å². The van der Waals surface area contributed by atoms with Crippen LogP contribution in [0.1, 0.15) is 12.5 Å². The molecule has 0 amide bonds. The summed E-state index contributed by atoms with van der Waals surface area (Å²) in [5, 5.41) is 0.847. The third kappa shape index (κ3) is 3.13. The molecule has 0 aliphatic rings. The SMILES string of the molecule is CC(=NC(N)=S)c1ccc(Cl)cc1. The van der Waals surface area contributed by atoms with Crippen LogP contribution in [0.2, 0.25) is 5.02 Å².